The molecule has 2 aromatic heterocycles. The van der Waals surface area contributed by atoms with Crippen molar-refractivity contribution in [1.82, 2.24) is 19.7 Å². The van der Waals surface area contributed by atoms with Crippen molar-refractivity contribution in [3.8, 4) is 0 Å². The maximum atomic E-state index is 13.2. The number of carbonyl (C=O) groups is 2. The molecule has 1 amide bonds. The SMILES string of the molecule is CCOC(=O)c1nn2c(c1C1CC1)C(=O)N(Cc1ncccc1C)CC2. The number of pyridine rings is 1. The van der Waals surface area contributed by atoms with Gasteiger partial charge in [0.1, 0.15) is 5.69 Å². The standard InChI is InChI=1S/C19H22N4O3/c1-3-26-19(25)16-15(13-6-7-13)17-18(24)22(9-10-23(17)21-16)11-14-12(2)5-4-8-20-14/h4-5,8,13H,3,6-7,9-11H2,1-2H3. The summed E-state index contributed by atoms with van der Waals surface area (Å²) in [4.78, 5) is 31.7. The van der Waals surface area contributed by atoms with E-state index in [9.17, 15) is 9.59 Å². The van der Waals surface area contributed by atoms with E-state index in [4.69, 9.17) is 4.74 Å². The Labute approximate surface area is 152 Å². The summed E-state index contributed by atoms with van der Waals surface area (Å²) < 4.78 is 6.83. The molecule has 2 aromatic rings. The lowest BCUT2D eigenvalue weighted by Crippen LogP contribution is -2.40. The van der Waals surface area contributed by atoms with Crippen molar-refractivity contribution in [3.63, 3.8) is 0 Å². The van der Waals surface area contributed by atoms with Gasteiger partial charge in [-0.3, -0.25) is 14.5 Å². The number of fused-ring (bicyclic) bond motifs is 1. The molecule has 4 rings (SSSR count). The zero-order chi connectivity index (χ0) is 18.3. The number of amides is 1. The molecule has 0 radical (unpaired) electrons. The van der Waals surface area contributed by atoms with Crippen molar-refractivity contribution in [2.75, 3.05) is 13.2 Å². The van der Waals surface area contributed by atoms with Gasteiger partial charge >= 0.3 is 5.97 Å². The van der Waals surface area contributed by atoms with Crippen LogP contribution >= 0.6 is 0 Å². The monoisotopic (exact) mass is 354 g/mol. The van der Waals surface area contributed by atoms with E-state index in [0.717, 1.165) is 29.7 Å². The minimum absolute atomic E-state index is 0.0775. The van der Waals surface area contributed by atoms with E-state index in [1.807, 2.05) is 19.1 Å². The van der Waals surface area contributed by atoms with Crippen LogP contribution < -0.4 is 0 Å². The molecule has 0 spiro atoms. The second kappa shape index (κ2) is 6.55. The van der Waals surface area contributed by atoms with Crippen LogP contribution in [0.4, 0.5) is 0 Å². The molecule has 0 saturated heterocycles. The molecule has 1 aliphatic carbocycles. The quantitative estimate of drug-likeness (QED) is 0.770. The predicted molar refractivity (Wildman–Crippen MR) is 93.9 cm³/mol. The first-order chi connectivity index (χ1) is 12.6. The van der Waals surface area contributed by atoms with Crippen LogP contribution in [0.5, 0.6) is 0 Å². The Morgan fingerprint density at radius 3 is 2.85 bits per heavy atom. The summed E-state index contributed by atoms with van der Waals surface area (Å²) >= 11 is 0. The van der Waals surface area contributed by atoms with Crippen LogP contribution in [0.3, 0.4) is 0 Å². The predicted octanol–water partition coefficient (Wildman–Crippen LogP) is 2.30. The molecule has 7 heteroatoms. The van der Waals surface area contributed by atoms with Crippen molar-refractivity contribution in [2.24, 2.45) is 0 Å². The lowest BCUT2D eigenvalue weighted by Gasteiger charge is -2.28. The first-order valence-electron chi connectivity index (χ1n) is 9.07. The fraction of sp³-hybridized carbons (Fsp3) is 0.474. The molecule has 0 bridgehead atoms. The number of hydrogen-bond donors (Lipinski definition) is 0. The molecular weight excluding hydrogens is 332 g/mol. The van der Waals surface area contributed by atoms with Crippen LogP contribution in [0.15, 0.2) is 18.3 Å². The summed E-state index contributed by atoms with van der Waals surface area (Å²) in [5.74, 6) is -0.277. The van der Waals surface area contributed by atoms with E-state index >= 15 is 0 Å². The third kappa shape index (κ3) is 2.87. The van der Waals surface area contributed by atoms with Crippen LogP contribution in [-0.2, 0) is 17.8 Å². The normalized spacial score (nSPS) is 16.5. The van der Waals surface area contributed by atoms with Gasteiger partial charge < -0.3 is 9.64 Å². The second-order valence-corrected chi connectivity index (χ2v) is 6.82. The summed E-state index contributed by atoms with van der Waals surface area (Å²) in [7, 11) is 0. The molecule has 1 saturated carbocycles. The highest BCUT2D eigenvalue weighted by Crippen LogP contribution is 2.44. The molecule has 0 unspecified atom stereocenters. The first-order valence-corrected chi connectivity index (χ1v) is 9.07. The van der Waals surface area contributed by atoms with Crippen LogP contribution in [0.2, 0.25) is 0 Å². The maximum absolute atomic E-state index is 13.2. The third-order valence-electron chi connectivity index (χ3n) is 4.97. The van der Waals surface area contributed by atoms with E-state index < -0.39 is 5.97 Å². The van der Waals surface area contributed by atoms with E-state index in [0.29, 0.717) is 37.6 Å². The number of ether oxygens (including phenoxy) is 1. The molecule has 1 fully saturated rings. The van der Waals surface area contributed by atoms with E-state index in [1.165, 1.54) is 0 Å². The number of rotatable bonds is 5. The molecular formula is C19H22N4O3. The zero-order valence-corrected chi connectivity index (χ0v) is 15.1. The van der Waals surface area contributed by atoms with Gasteiger partial charge in [0.25, 0.3) is 5.91 Å². The van der Waals surface area contributed by atoms with Gasteiger partial charge in [0.15, 0.2) is 5.69 Å². The molecule has 3 heterocycles. The van der Waals surface area contributed by atoms with Gasteiger partial charge in [0.05, 0.1) is 25.4 Å². The fourth-order valence-electron chi connectivity index (χ4n) is 3.45. The molecule has 0 aromatic carbocycles. The van der Waals surface area contributed by atoms with E-state index in [1.54, 1.807) is 22.7 Å². The first kappa shape index (κ1) is 16.8. The summed E-state index contributed by atoms with van der Waals surface area (Å²) in [6, 6.07) is 3.89. The summed E-state index contributed by atoms with van der Waals surface area (Å²) in [5.41, 5.74) is 3.60. The largest absolute Gasteiger partial charge is 0.461 e. The highest BCUT2D eigenvalue weighted by Gasteiger charge is 2.40. The summed E-state index contributed by atoms with van der Waals surface area (Å²) in [5, 5.41) is 4.42. The van der Waals surface area contributed by atoms with Gasteiger partial charge in [-0.1, -0.05) is 6.07 Å². The van der Waals surface area contributed by atoms with Crippen molar-refractivity contribution < 1.29 is 14.3 Å². The van der Waals surface area contributed by atoms with Gasteiger partial charge in [-0.05, 0) is 44.2 Å². The van der Waals surface area contributed by atoms with Gasteiger partial charge in [-0.15, -0.1) is 0 Å². The Bertz CT molecular complexity index is 870. The van der Waals surface area contributed by atoms with Crippen molar-refractivity contribution >= 4 is 11.9 Å². The Morgan fingerprint density at radius 1 is 1.35 bits per heavy atom. The maximum Gasteiger partial charge on any atom is 0.359 e. The number of aryl methyl sites for hydroxylation is 1. The number of carbonyl (C=O) groups excluding carboxylic acids is 2. The van der Waals surface area contributed by atoms with Crippen molar-refractivity contribution in [3.05, 3.63) is 46.5 Å². The van der Waals surface area contributed by atoms with E-state index in [2.05, 4.69) is 10.1 Å². The van der Waals surface area contributed by atoms with Crippen LogP contribution in [-0.4, -0.2) is 44.7 Å². The minimum Gasteiger partial charge on any atom is -0.461 e. The van der Waals surface area contributed by atoms with Gasteiger partial charge in [0.2, 0.25) is 0 Å². The minimum atomic E-state index is -0.434. The second-order valence-electron chi connectivity index (χ2n) is 6.82. The van der Waals surface area contributed by atoms with E-state index in [-0.39, 0.29) is 11.8 Å². The lowest BCUT2D eigenvalue weighted by molar-refractivity contribution is 0.0516. The van der Waals surface area contributed by atoms with Crippen molar-refractivity contribution in [2.45, 2.75) is 45.7 Å². The van der Waals surface area contributed by atoms with Crippen LogP contribution in [0, 0.1) is 6.92 Å². The molecule has 2 aliphatic rings. The lowest BCUT2D eigenvalue weighted by atomic mass is 10.1. The third-order valence-corrected chi connectivity index (χ3v) is 4.97. The molecule has 0 atom stereocenters. The summed E-state index contributed by atoms with van der Waals surface area (Å²) in [6.45, 7) is 5.66. The van der Waals surface area contributed by atoms with Gasteiger partial charge in [-0.25, -0.2) is 4.79 Å². The molecule has 1 aliphatic heterocycles. The topological polar surface area (TPSA) is 77.3 Å². The average Bonchev–Trinajstić information content (AvgIpc) is 3.39. The van der Waals surface area contributed by atoms with Gasteiger partial charge in [0, 0.05) is 18.3 Å². The van der Waals surface area contributed by atoms with Crippen LogP contribution in [0.1, 0.15) is 63.5 Å². The Morgan fingerprint density at radius 2 is 2.15 bits per heavy atom. The van der Waals surface area contributed by atoms with Crippen LogP contribution in [0.25, 0.3) is 0 Å². The molecule has 0 N–H and O–H groups in total. The Kier molecular flexibility index (Phi) is 4.22. The summed E-state index contributed by atoms with van der Waals surface area (Å²) in [6.07, 6.45) is 3.71. The Balaban J connectivity index is 1.67. The highest BCUT2D eigenvalue weighted by atomic mass is 16.5. The number of nitrogens with zero attached hydrogens (tertiary/aromatic N) is 4. The van der Waals surface area contributed by atoms with Gasteiger partial charge in [-0.2, -0.15) is 5.10 Å². The average molecular weight is 354 g/mol. The highest BCUT2D eigenvalue weighted by molar-refractivity contribution is 5.99. The molecule has 136 valence electrons. The smallest absolute Gasteiger partial charge is 0.359 e. The van der Waals surface area contributed by atoms with Crippen molar-refractivity contribution in [1.29, 1.82) is 0 Å². The molecule has 26 heavy (non-hydrogen) atoms. The number of hydrogen-bond acceptors (Lipinski definition) is 5. The molecule has 7 nitrogen and oxygen atoms in total. The zero-order valence-electron chi connectivity index (χ0n) is 15.1. The Hall–Kier alpha value is -2.70. The fourth-order valence-corrected chi connectivity index (χ4v) is 3.45. The number of esters is 1. The number of aromatic nitrogens is 3.